The Kier molecular flexibility index (Phi) is 5.99. The van der Waals surface area contributed by atoms with Crippen LogP contribution in [0.2, 0.25) is 0 Å². The van der Waals surface area contributed by atoms with Crippen molar-refractivity contribution in [1.29, 1.82) is 0 Å². The van der Waals surface area contributed by atoms with Gasteiger partial charge in [0.25, 0.3) is 5.91 Å². The lowest BCUT2D eigenvalue weighted by atomic mass is 9.90. The van der Waals surface area contributed by atoms with Crippen molar-refractivity contribution in [2.75, 3.05) is 39.3 Å². The number of hydrogen-bond donors (Lipinski definition) is 0. The van der Waals surface area contributed by atoms with E-state index >= 15 is 0 Å². The average Bonchev–Trinajstić information content (AvgIpc) is 2.53. The summed E-state index contributed by atoms with van der Waals surface area (Å²) in [7, 11) is 0. The van der Waals surface area contributed by atoms with Gasteiger partial charge in [-0.3, -0.25) is 14.5 Å². The van der Waals surface area contributed by atoms with Gasteiger partial charge in [-0.25, -0.2) is 0 Å². The lowest BCUT2D eigenvalue weighted by molar-refractivity contribution is -0.135. The van der Waals surface area contributed by atoms with Crippen LogP contribution in [0.15, 0.2) is 24.3 Å². The molecular weight excluding hydrogens is 304 g/mol. The fraction of sp³-hybridized carbons (Fsp3) is 0.579. The number of aryl methyl sites for hydroxylation is 1. The molecule has 0 bridgehead atoms. The van der Waals surface area contributed by atoms with E-state index in [0.717, 1.165) is 24.4 Å². The minimum Gasteiger partial charge on any atom is -0.484 e. The Hall–Kier alpha value is -1.88. The Labute approximate surface area is 144 Å². The van der Waals surface area contributed by atoms with Crippen LogP contribution >= 0.6 is 0 Å². The van der Waals surface area contributed by atoms with Gasteiger partial charge in [0.2, 0.25) is 0 Å². The number of carbonyl (C=O) groups is 2. The first-order chi connectivity index (χ1) is 11.3. The van der Waals surface area contributed by atoms with Crippen LogP contribution in [-0.2, 0) is 9.59 Å². The van der Waals surface area contributed by atoms with Crippen molar-refractivity contribution in [3.8, 4) is 5.75 Å². The number of hydrogen-bond acceptors (Lipinski definition) is 4. The molecule has 1 fully saturated rings. The second-order valence-corrected chi connectivity index (χ2v) is 7.38. The third-order valence-electron chi connectivity index (χ3n) is 4.37. The summed E-state index contributed by atoms with van der Waals surface area (Å²) >= 11 is 0. The molecule has 1 amide bonds. The Morgan fingerprint density at radius 3 is 2.29 bits per heavy atom. The summed E-state index contributed by atoms with van der Waals surface area (Å²) in [6.07, 6.45) is 0. The second kappa shape index (κ2) is 7.79. The van der Waals surface area contributed by atoms with Crippen LogP contribution < -0.4 is 4.74 Å². The minimum atomic E-state index is -0.311. The molecule has 1 aliphatic heterocycles. The maximum atomic E-state index is 12.3. The van der Waals surface area contributed by atoms with Gasteiger partial charge in [0.15, 0.2) is 12.4 Å². The molecule has 0 spiro atoms. The van der Waals surface area contributed by atoms with Crippen molar-refractivity contribution in [2.45, 2.75) is 27.7 Å². The normalized spacial score (nSPS) is 16.1. The van der Waals surface area contributed by atoms with Gasteiger partial charge in [0.1, 0.15) is 5.75 Å². The van der Waals surface area contributed by atoms with Crippen LogP contribution in [-0.4, -0.2) is 60.8 Å². The molecule has 1 heterocycles. The Morgan fingerprint density at radius 1 is 1.08 bits per heavy atom. The molecule has 1 aromatic carbocycles. The number of Topliss-reactive ketones (excluding diaryl/α,β-unsaturated/α-hetero) is 1. The molecule has 5 nitrogen and oxygen atoms in total. The minimum absolute atomic E-state index is 0.0000472. The quantitative estimate of drug-likeness (QED) is 0.829. The van der Waals surface area contributed by atoms with Crippen molar-refractivity contribution < 1.29 is 14.3 Å². The number of piperazine rings is 1. The summed E-state index contributed by atoms with van der Waals surface area (Å²) in [5, 5.41) is 0. The predicted molar refractivity (Wildman–Crippen MR) is 94.2 cm³/mol. The van der Waals surface area contributed by atoms with Gasteiger partial charge in [-0.15, -0.1) is 0 Å². The van der Waals surface area contributed by atoms with Gasteiger partial charge in [0.05, 0.1) is 6.54 Å². The van der Waals surface area contributed by atoms with Crippen LogP contribution in [0.3, 0.4) is 0 Å². The molecule has 132 valence electrons. The monoisotopic (exact) mass is 332 g/mol. The summed E-state index contributed by atoms with van der Waals surface area (Å²) in [5.74, 6) is 0.991. The predicted octanol–water partition coefficient (Wildman–Crippen LogP) is 2.13. The molecule has 0 N–H and O–H groups in total. The third-order valence-corrected chi connectivity index (χ3v) is 4.37. The van der Waals surface area contributed by atoms with E-state index in [0.29, 0.717) is 19.6 Å². The number of carbonyl (C=O) groups excluding carboxylic acids is 2. The molecule has 5 heteroatoms. The van der Waals surface area contributed by atoms with Crippen molar-refractivity contribution in [3.05, 3.63) is 29.8 Å². The fourth-order valence-electron chi connectivity index (χ4n) is 2.54. The summed E-state index contributed by atoms with van der Waals surface area (Å²) in [6, 6.07) is 7.68. The van der Waals surface area contributed by atoms with Crippen LogP contribution in [0.1, 0.15) is 26.3 Å². The molecule has 1 aromatic rings. The van der Waals surface area contributed by atoms with E-state index in [-0.39, 0.29) is 23.7 Å². The highest BCUT2D eigenvalue weighted by molar-refractivity contribution is 5.85. The highest BCUT2D eigenvalue weighted by Crippen LogP contribution is 2.17. The van der Waals surface area contributed by atoms with E-state index in [1.165, 1.54) is 0 Å². The number of amides is 1. The van der Waals surface area contributed by atoms with Crippen molar-refractivity contribution in [1.82, 2.24) is 9.80 Å². The molecule has 0 aliphatic carbocycles. The van der Waals surface area contributed by atoms with Crippen LogP contribution in [0.5, 0.6) is 5.75 Å². The van der Waals surface area contributed by atoms with E-state index in [4.69, 9.17) is 4.74 Å². The molecule has 0 saturated carbocycles. The first-order valence-electron chi connectivity index (χ1n) is 8.49. The molecule has 0 aromatic heterocycles. The van der Waals surface area contributed by atoms with Crippen molar-refractivity contribution in [2.24, 2.45) is 5.41 Å². The summed E-state index contributed by atoms with van der Waals surface area (Å²) in [4.78, 5) is 28.3. The Morgan fingerprint density at radius 2 is 1.71 bits per heavy atom. The summed E-state index contributed by atoms with van der Waals surface area (Å²) in [5.41, 5.74) is 0.713. The Bertz CT molecular complexity index is 585. The standard InChI is InChI=1S/C19H28N2O3/c1-15-7-5-6-8-16(15)24-14-18(23)21-11-9-20(10-12-21)13-17(22)19(2,3)4/h5-8H,9-14H2,1-4H3. The highest BCUT2D eigenvalue weighted by Gasteiger charge is 2.27. The van der Waals surface area contributed by atoms with Crippen LogP contribution in [0.25, 0.3) is 0 Å². The number of nitrogens with zero attached hydrogens (tertiary/aromatic N) is 2. The maximum Gasteiger partial charge on any atom is 0.260 e. The average molecular weight is 332 g/mol. The molecule has 0 unspecified atom stereocenters. The van der Waals surface area contributed by atoms with Gasteiger partial charge in [-0.05, 0) is 18.6 Å². The zero-order chi connectivity index (χ0) is 17.7. The van der Waals surface area contributed by atoms with E-state index < -0.39 is 0 Å². The van der Waals surface area contributed by atoms with E-state index in [9.17, 15) is 9.59 Å². The highest BCUT2D eigenvalue weighted by atomic mass is 16.5. The van der Waals surface area contributed by atoms with E-state index in [1.54, 1.807) is 0 Å². The molecular formula is C19H28N2O3. The lowest BCUT2D eigenvalue weighted by Gasteiger charge is -2.35. The van der Waals surface area contributed by atoms with Gasteiger partial charge >= 0.3 is 0 Å². The number of benzene rings is 1. The molecule has 1 aliphatic rings. The molecule has 0 radical (unpaired) electrons. The lowest BCUT2D eigenvalue weighted by Crippen LogP contribution is -2.51. The second-order valence-electron chi connectivity index (χ2n) is 7.38. The van der Waals surface area contributed by atoms with Crippen LogP contribution in [0, 0.1) is 12.3 Å². The smallest absolute Gasteiger partial charge is 0.260 e. The van der Waals surface area contributed by atoms with Crippen molar-refractivity contribution >= 4 is 11.7 Å². The van der Waals surface area contributed by atoms with Gasteiger partial charge in [-0.1, -0.05) is 39.0 Å². The molecule has 2 rings (SSSR count). The summed E-state index contributed by atoms with van der Waals surface area (Å²) < 4.78 is 5.63. The first-order valence-corrected chi connectivity index (χ1v) is 8.49. The van der Waals surface area contributed by atoms with Crippen LogP contribution in [0.4, 0.5) is 0 Å². The van der Waals surface area contributed by atoms with Gasteiger partial charge < -0.3 is 9.64 Å². The zero-order valence-corrected chi connectivity index (χ0v) is 15.2. The largest absolute Gasteiger partial charge is 0.484 e. The number of para-hydroxylation sites is 1. The van der Waals surface area contributed by atoms with Gasteiger partial charge in [0, 0.05) is 31.6 Å². The summed E-state index contributed by atoms with van der Waals surface area (Å²) in [6.45, 7) is 11.1. The van der Waals surface area contributed by atoms with E-state index in [2.05, 4.69) is 4.90 Å². The maximum absolute atomic E-state index is 12.3. The number of ketones is 1. The van der Waals surface area contributed by atoms with E-state index in [1.807, 2.05) is 56.9 Å². The molecule has 1 saturated heterocycles. The Balaban J connectivity index is 1.77. The number of rotatable bonds is 5. The topological polar surface area (TPSA) is 49.9 Å². The first kappa shape index (κ1) is 18.5. The number of ether oxygens (including phenoxy) is 1. The van der Waals surface area contributed by atoms with Crippen molar-refractivity contribution in [3.63, 3.8) is 0 Å². The fourth-order valence-corrected chi connectivity index (χ4v) is 2.54. The molecule has 24 heavy (non-hydrogen) atoms. The van der Waals surface area contributed by atoms with Gasteiger partial charge in [-0.2, -0.15) is 0 Å². The third kappa shape index (κ3) is 5.06. The zero-order valence-electron chi connectivity index (χ0n) is 15.2. The SMILES string of the molecule is Cc1ccccc1OCC(=O)N1CCN(CC(=O)C(C)(C)C)CC1. The molecule has 0 atom stereocenters.